The molecule has 1 aliphatic carbocycles. The summed E-state index contributed by atoms with van der Waals surface area (Å²) >= 11 is 5.80. The molecule has 0 unspecified atom stereocenters. The Kier molecular flexibility index (Phi) is 4.21. The minimum atomic E-state index is 0.146. The molecule has 0 fully saturated rings. The zero-order valence-electron chi connectivity index (χ0n) is 9.66. The van der Waals surface area contributed by atoms with E-state index < -0.39 is 0 Å². The summed E-state index contributed by atoms with van der Waals surface area (Å²) in [6.07, 6.45) is 7.08. The van der Waals surface area contributed by atoms with Crippen molar-refractivity contribution < 1.29 is 4.79 Å². The van der Waals surface area contributed by atoms with Crippen LogP contribution in [0.25, 0.3) is 0 Å². The van der Waals surface area contributed by atoms with E-state index in [9.17, 15) is 4.79 Å². The first-order valence-electron chi connectivity index (χ1n) is 5.93. The summed E-state index contributed by atoms with van der Waals surface area (Å²) in [7, 11) is 0. The fourth-order valence-corrected chi connectivity index (χ4v) is 2.09. The van der Waals surface area contributed by atoms with Gasteiger partial charge in [-0.25, -0.2) is 0 Å². The van der Waals surface area contributed by atoms with Gasteiger partial charge in [-0.05, 0) is 37.0 Å². The third kappa shape index (κ3) is 3.60. The molecule has 0 aliphatic heterocycles. The van der Waals surface area contributed by atoms with Crippen LogP contribution in [-0.2, 0) is 11.3 Å². The molecule has 0 aromatic heterocycles. The van der Waals surface area contributed by atoms with Gasteiger partial charge in [0.05, 0.1) is 0 Å². The maximum absolute atomic E-state index is 11.9. The van der Waals surface area contributed by atoms with Gasteiger partial charge in [0.2, 0.25) is 5.91 Å². The second kappa shape index (κ2) is 5.87. The Labute approximate surface area is 107 Å². The minimum Gasteiger partial charge on any atom is -0.352 e. The van der Waals surface area contributed by atoms with Crippen LogP contribution in [0.5, 0.6) is 0 Å². The van der Waals surface area contributed by atoms with Crippen molar-refractivity contribution in [1.29, 1.82) is 0 Å². The summed E-state index contributed by atoms with van der Waals surface area (Å²) < 4.78 is 0. The molecule has 2 rings (SSSR count). The van der Waals surface area contributed by atoms with Gasteiger partial charge in [0, 0.05) is 17.5 Å². The lowest BCUT2D eigenvalue weighted by atomic mass is 9.93. The van der Waals surface area contributed by atoms with Gasteiger partial charge in [-0.2, -0.15) is 0 Å². The molecule has 1 aromatic carbocycles. The Bertz CT molecular complexity index is 411. The molecule has 1 N–H and O–H groups in total. The average Bonchev–Trinajstić information content (AvgIpc) is 2.39. The lowest BCUT2D eigenvalue weighted by molar-refractivity contribution is -0.125. The Balaban J connectivity index is 1.83. The first-order chi connectivity index (χ1) is 8.25. The monoisotopic (exact) mass is 249 g/mol. The van der Waals surface area contributed by atoms with Crippen LogP contribution in [0.1, 0.15) is 24.8 Å². The topological polar surface area (TPSA) is 29.1 Å². The van der Waals surface area contributed by atoms with Crippen LogP contribution in [0.2, 0.25) is 5.02 Å². The largest absolute Gasteiger partial charge is 0.352 e. The van der Waals surface area contributed by atoms with Crippen molar-refractivity contribution in [2.45, 2.75) is 25.8 Å². The standard InChI is InChI=1S/C14H16ClNO/c15-13-8-6-11(7-9-13)10-16-14(17)12-4-2-1-3-5-12/h1-2,6-9,12H,3-5,10H2,(H,16,17)/t12-/m1/s1. The van der Waals surface area contributed by atoms with E-state index in [1.54, 1.807) is 0 Å². The molecule has 3 heteroatoms. The quantitative estimate of drug-likeness (QED) is 0.819. The summed E-state index contributed by atoms with van der Waals surface area (Å²) in [4.78, 5) is 11.9. The van der Waals surface area contributed by atoms with Crippen LogP contribution in [0.15, 0.2) is 36.4 Å². The number of allylic oxidation sites excluding steroid dienone is 2. The highest BCUT2D eigenvalue weighted by Gasteiger charge is 2.17. The zero-order valence-corrected chi connectivity index (χ0v) is 10.4. The Morgan fingerprint density at radius 1 is 1.29 bits per heavy atom. The van der Waals surface area contributed by atoms with Crippen LogP contribution in [0, 0.1) is 5.92 Å². The second-order valence-corrected chi connectivity index (χ2v) is 4.76. The zero-order chi connectivity index (χ0) is 12.1. The Hall–Kier alpha value is -1.28. The number of amides is 1. The van der Waals surface area contributed by atoms with Crippen molar-refractivity contribution in [2.75, 3.05) is 0 Å². The molecule has 90 valence electrons. The maximum atomic E-state index is 11.9. The van der Waals surface area contributed by atoms with Gasteiger partial charge >= 0.3 is 0 Å². The van der Waals surface area contributed by atoms with Gasteiger partial charge in [-0.1, -0.05) is 35.9 Å². The van der Waals surface area contributed by atoms with Crippen molar-refractivity contribution in [3.8, 4) is 0 Å². The highest BCUT2D eigenvalue weighted by Crippen LogP contribution is 2.18. The number of hydrogen-bond acceptors (Lipinski definition) is 1. The Morgan fingerprint density at radius 2 is 2.06 bits per heavy atom. The summed E-state index contributed by atoms with van der Waals surface area (Å²) in [6, 6.07) is 7.55. The minimum absolute atomic E-state index is 0.146. The molecule has 0 bridgehead atoms. The van der Waals surface area contributed by atoms with Crippen molar-refractivity contribution in [1.82, 2.24) is 5.32 Å². The number of hydrogen-bond donors (Lipinski definition) is 1. The number of carbonyl (C=O) groups is 1. The molecule has 1 aromatic rings. The third-order valence-electron chi connectivity index (χ3n) is 3.02. The molecule has 0 saturated carbocycles. The molecule has 2 nitrogen and oxygen atoms in total. The van der Waals surface area contributed by atoms with Gasteiger partial charge in [-0.3, -0.25) is 4.79 Å². The third-order valence-corrected chi connectivity index (χ3v) is 3.27. The van der Waals surface area contributed by atoms with Gasteiger partial charge in [-0.15, -0.1) is 0 Å². The normalized spacial score (nSPS) is 19.0. The average molecular weight is 250 g/mol. The lowest BCUT2D eigenvalue weighted by Gasteiger charge is -2.17. The number of benzene rings is 1. The maximum Gasteiger partial charge on any atom is 0.223 e. The highest BCUT2D eigenvalue weighted by atomic mass is 35.5. The summed E-state index contributed by atoms with van der Waals surface area (Å²) in [5.74, 6) is 0.302. The van der Waals surface area contributed by atoms with E-state index in [1.807, 2.05) is 24.3 Å². The molecule has 1 amide bonds. The Morgan fingerprint density at radius 3 is 2.71 bits per heavy atom. The molecular formula is C14H16ClNO. The van der Waals surface area contributed by atoms with Crippen molar-refractivity contribution in [3.63, 3.8) is 0 Å². The fraction of sp³-hybridized carbons (Fsp3) is 0.357. The van der Waals surface area contributed by atoms with E-state index in [0.29, 0.717) is 6.54 Å². The molecule has 0 radical (unpaired) electrons. The van der Waals surface area contributed by atoms with Crippen LogP contribution >= 0.6 is 11.6 Å². The van der Waals surface area contributed by atoms with Crippen molar-refractivity contribution >= 4 is 17.5 Å². The van der Waals surface area contributed by atoms with Crippen LogP contribution < -0.4 is 5.32 Å². The van der Waals surface area contributed by atoms with Gasteiger partial charge < -0.3 is 5.32 Å². The fourth-order valence-electron chi connectivity index (χ4n) is 1.97. The van der Waals surface area contributed by atoms with E-state index in [4.69, 9.17) is 11.6 Å². The highest BCUT2D eigenvalue weighted by molar-refractivity contribution is 6.30. The van der Waals surface area contributed by atoms with E-state index in [-0.39, 0.29) is 11.8 Å². The number of rotatable bonds is 3. The summed E-state index contributed by atoms with van der Waals surface area (Å²) in [5, 5.41) is 3.69. The molecule has 17 heavy (non-hydrogen) atoms. The van der Waals surface area contributed by atoms with E-state index in [1.165, 1.54) is 0 Å². The smallest absolute Gasteiger partial charge is 0.223 e. The number of halogens is 1. The molecule has 1 aliphatic rings. The molecule has 1 atom stereocenters. The van der Waals surface area contributed by atoms with E-state index >= 15 is 0 Å². The predicted molar refractivity (Wildman–Crippen MR) is 69.8 cm³/mol. The van der Waals surface area contributed by atoms with E-state index in [0.717, 1.165) is 29.8 Å². The SMILES string of the molecule is O=C(NCc1ccc(Cl)cc1)[C@@H]1CC=CCC1. The molecular weight excluding hydrogens is 234 g/mol. The van der Waals surface area contributed by atoms with Crippen LogP contribution in [0.3, 0.4) is 0 Å². The van der Waals surface area contributed by atoms with Gasteiger partial charge in [0.15, 0.2) is 0 Å². The first-order valence-corrected chi connectivity index (χ1v) is 6.30. The van der Waals surface area contributed by atoms with Crippen LogP contribution in [-0.4, -0.2) is 5.91 Å². The first kappa shape index (κ1) is 12.2. The van der Waals surface area contributed by atoms with Gasteiger partial charge in [0.1, 0.15) is 0 Å². The van der Waals surface area contributed by atoms with Crippen molar-refractivity contribution in [3.05, 3.63) is 47.0 Å². The second-order valence-electron chi connectivity index (χ2n) is 4.33. The number of carbonyl (C=O) groups excluding carboxylic acids is 1. The van der Waals surface area contributed by atoms with E-state index in [2.05, 4.69) is 17.5 Å². The predicted octanol–water partition coefficient (Wildman–Crippen LogP) is 3.31. The lowest BCUT2D eigenvalue weighted by Crippen LogP contribution is -2.30. The van der Waals surface area contributed by atoms with Crippen LogP contribution in [0.4, 0.5) is 0 Å². The molecule has 0 heterocycles. The number of nitrogens with one attached hydrogen (secondary N) is 1. The molecule has 0 spiro atoms. The van der Waals surface area contributed by atoms with Gasteiger partial charge in [0.25, 0.3) is 0 Å². The van der Waals surface area contributed by atoms with Crippen molar-refractivity contribution in [2.24, 2.45) is 5.92 Å². The summed E-state index contributed by atoms with van der Waals surface area (Å²) in [6.45, 7) is 0.580. The summed E-state index contributed by atoms with van der Waals surface area (Å²) in [5.41, 5.74) is 1.08. The molecule has 0 saturated heterocycles.